The first-order valence-electron chi connectivity index (χ1n) is 7.26. The van der Waals surface area contributed by atoms with E-state index < -0.39 is 5.82 Å². The molecule has 1 aromatic heterocycles. The highest BCUT2D eigenvalue weighted by atomic mass is 19.1. The van der Waals surface area contributed by atoms with Crippen LogP contribution in [0.2, 0.25) is 0 Å². The van der Waals surface area contributed by atoms with Gasteiger partial charge < -0.3 is 14.6 Å². The van der Waals surface area contributed by atoms with Crippen LogP contribution in [0.25, 0.3) is 0 Å². The zero-order chi connectivity index (χ0) is 15.4. The molecule has 2 atom stereocenters. The van der Waals surface area contributed by atoms with Crippen molar-refractivity contribution in [3.8, 4) is 5.75 Å². The highest BCUT2D eigenvalue weighted by Crippen LogP contribution is 2.17. The van der Waals surface area contributed by atoms with Gasteiger partial charge in [-0.2, -0.15) is 0 Å². The van der Waals surface area contributed by atoms with Gasteiger partial charge in [0.15, 0.2) is 11.6 Å². The van der Waals surface area contributed by atoms with E-state index in [1.807, 2.05) is 0 Å². The first kappa shape index (κ1) is 14.9. The van der Waals surface area contributed by atoms with Gasteiger partial charge in [0.25, 0.3) is 0 Å². The van der Waals surface area contributed by atoms with Gasteiger partial charge in [-0.05, 0) is 18.6 Å². The molecule has 6 nitrogen and oxygen atoms in total. The fourth-order valence-corrected chi connectivity index (χ4v) is 2.40. The minimum atomic E-state index is -0.403. The van der Waals surface area contributed by atoms with Crippen LogP contribution in [-0.2, 0) is 17.9 Å². The van der Waals surface area contributed by atoms with Gasteiger partial charge in [0, 0.05) is 13.0 Å². The molecular formula is C15H18FN3O3. The van der Waals surface area contributed by atoms with Crippen molar-refractivity contribution >= 4 is 0 Å². The Morgan fingerprint density at radius 3 is 3.09 bits per heavy atom. The van der Waals surface area contributed by atoms with E-state index in [-0.39, 0.29) is 24.6 Å². The van der Waals surface area contributed by atoms with Crippen molar-refractivity contribution in [2.24, 2.45) is 0 Å². The number of benzene rings is 1. The lowest BCUT2D eigenvalue weighted by Crippen LogP contribution is -2.32. The van der Waals surface area contributed by atoms with Crippen LogP contribution in [0.4, 0.5) is 4.39 Å². The fraction of sp³-hybridized carbons (Fsp3) is 0.467. The maximum atomic E-state index is 13.4. The molecule has 7 heteroatoms. The van der Waals surface area contributed by atoms with E-state index in [1.165, 1.54) is 6.07 Å². The Kier molecular flexibility index (Phi) is 4.65. The first-order chi connectivity index (χ1) is 10.7. The van der Waals surface area contributed by atoms with E-state index in [0.717, 1.165) is 0 Å². The standard InChI is InChI=1S/C15H18FN3O3/c16-14-3-1-2-4-15(14)22-10-11-8-19(18-17-11)9-13-7-12(20)5-6-21-13/h1-4,8,12-13,20H,5-7,9-10H2. The highest BCUT2D eigenvalue weighted by Gasteiger charge is 2.21. The second-order valence-electron chi connectivity index (χ2n) is 5.32. The van der Waals surface area contributed by atoms with Crippen molar-refractivity contribution in [1.29, 1.82) is 0 Å². The largest absolute Gasteiger partial charge is 0.484 e. The van der Waals surface area contributed by atoms with Crippen molar-refractivity contribution in [2.75, 3.05) is 6.61 Å². The number of hydrogen-bond acceptors (Lipinski definition) is 5. The molecule has 1 aromatic carbocycles. The molecular weight excluding hydrogens is 289 g/mol. The van der Waals surface area contributed by atoms with Gasteiger partial charge in [0.2, 0.25) is 0 Å². The topological polar surface area (TPSA) is 69.4 Å². The molecule has 0 amide bonds. The van der Waals surface area contributed by atoms with E-state index in [2.05, 4.69) is 10.3 Å². The molecule has 118 valence electrons. The summed E-state index contributed by atoms with van der Waals surface area (Å²) in [6, 6.07) is 6.23. The van der Waals surface area contributed by atoms with Crippen LogP contribution in [0.15, 0.2) is 30.5 Å². The van der Waals surface area contributed by atoms with Gasteiger partial charge in [-0.3, -0.25) is 0 Å². The van der Waals surface area contributed by atoms with E-state index in [9.17, 15) is 9.50 Å². The van der Waals surface area contributed by atoms with Crippen molar-refractivity contribution in [1.82, 2.24) is 15.0 Å². The van der Waals surface area contributed by atoms with E-state index in [0.29, 0.717) is 31.7 Å². The van der Waals surface area contributed by atoms with Crippen LogP contribution >= 0.6 is 0 Å². The van der Waals surface area contributed by atoms with E-state index in [1.54, 1.807) is 29.1 Å². The minimum absolute atomic E-state index is 0.0641. The Morgan fingerprint density at radius 2 is 2.27 bits per heavy atom. The number of nitrogens with zero attached hydrogens (tertiary/aromatic N) is 3. The highest BCUT2D eigenvalue weighted by molar-refractivity contribution is 5.23. The molecule has 0 radical (unpaired) electrons. The van der Waals surface area contributed by atoms with E-state index in [4.69, 9.17) is 9.47 Å². The molecule has 0 saturated carbocycles. The average molecular weight is 307 g/mol. The lowest BCUT2D eigenvalue weighted by molar-refractivity contribution is -0.0512. The summed E-state index contributed by atoms with van der Waals surface area (Å²) in [4.78, 5) is 0. The number of rotatable bonds is 5. The van der Waals surface area contributed by atoms with Gasteiger partial charge in [-0.15, -0.1) is 5.10 Å². The van der Waals surface area contributed by atoms with Gasteiger partial charge in [0.05, 0.1) is 24.9 Å². The predicted octanol–water partition coefficient (Wildman–Crippen LogP) is 1.54. The van der Waals surface area contributed by atoms with Crippen molar-refractivity contribution in [2.45, 2.75) is 38.2 Å². The van der Waals surface area contributed by atoms with Crippen molar-refractivity contribution in [3.63, 3.8) is 0 Å². The third-order valence-electron chi connectivity index (χ3n) is 3.53. The molecule has 0 spiro atoms. The number of ether oxygens (including phenoxy) is 2. The lowest BCUT2D eigenvalue weighted by atomic mass is 10.1. The predicted molar refractivity (Wildman–Crippen MR) is 75.7 cm³/mol. The van der Waals surface area contributed by atoms with Gasteiger partial charge >= 0.3 is 0 Å². The van der Waals surface area contributed by atoms with Crippen LogP contribution in [0.3, 0.4) is 0 Å². The second kappa shape index (κ2) is 6.85. The van der Waals surface area contributed by atoms with Gasteiger partial charge in [-0.1, -0.05) is 17.3 Å². The summed E-state index contributed by atoms with van der Waals surface area (Å²) in [5.74, 6) is -0.213. The van der Waals surface area contributed by atoms with Crippen LogP contribution in [-0.4, -0.2) is 38.9 Å². The summed E-state index contributed by atoms with van der Waals surface area (Å²) in [5.41, 5.74) is 0.611. The number of halogens is 1. The molecule has 1 aliphatic heterocycles. The molecule has 2 heterocycles. The summed E-state index contributed by atoms with van der Waals surface area (Å²) in [5, 5.41) is 17.6. The lowest BCUT2D eigenvalue weighted by Gasteiger charge is -2.26. The summed E-state index contributed by atoms with van der Waals surface area (Å²) >= 11 is 0. The molecule has 2 unspecified atom stereocenters. The third kappa shape index (κ3) is 3.80. The Balaban J connectivity index is 1.54. The molecule has 1 N–H and O–H groups in total. The van der Waals surface area contributed by atoms with Crippen molar-refractivity contribution < 1.29 is 19.0 Å². The minimum Gasteiger partial charge on any atom is -0.484 e. The van der Waals surface area contributed by atoms with Crippen LogP contribution in [0.1, 0.15) is 18.5 Å². The summed E-state index contributed by atoms with van der Waals surface area (Å²) in [7, 11) is 0. The summed E-state index contributed by atoms with van der Waals surface area (Å²) < 4.78 is 26.1. The maximum absolute atomic E-state index is 13.4. The normalized spacial score (nSPS) is 21.7. The number of aliphatic hydroxyl groups is 1. The molecule has 0 bridgehead atoms. The number of hydrogen-bond donors (Lipinski definition) is 1. The molecule has 1 fully saturated rings. The smallest absolute Gasteiger partial charge is 0.165 e. The molecule has 22 heavy (non-hydrogen) atoms. The second-order valence-corrected chi connectivity index (χ2v) is 5.32. The van der Waals surface area contributed by atoms with Gasteiger partial charge in [-0.25, -0.2) is 9.07 Å². The number of aromatic nitrogens is 3. The fourth-order valence-electron chi connectivity index (χ4n) is 2.40. The summed E-state index contributed by atoms with van der Waals surface area (Å²) in [6.07, 6.45) is 2.64. The van der Waals surface area contributed by atoms with Crippen LogP contribution in [0.5, 0.6) is 5.75 Å². The molecule has 1 aliphatic rings. The van der Waals surface area contributed by atoms with Crippen LogP contribution in [0, 0.1) is 5.82 Å². The molecule has 3 rings (SSSR count). The molecule has 1 saturated heterocycles. The zero-order valence-corrected chi connectivity index (χ0v) is 12.1. The number of para-hydroxylation sites is 1. The zero-order valence-electron chi connectivity index (χ0n) is 12.1. The first-order valence-corrected chi connectivity index (χ1v) is 7.26. The van der Waals surface area contributed by atoms with Crippen molar-refractivity contribution in [3.05, 3.63) is 42.0 Å². The van der Waals surface area contributed by atoms with E-state index >= 15 is 0 Å². The van der Waals surface area contributed by atoms with Crippen LogP contribution < -0.4 is 4.74 Å². The number of aliphatic hydroxyl groups excluding tert-OH is 1. The summed E-state index contributed by atoms with van der Waals surface area (Å²) in [6.45, 7) is 1.24. The average Bonchev–Trinajstić information content (AvgIpc) is 2.94. The Morgan fingerprint density at radius 1 is 1.41 bits per heavy atom. The maximum Gasteiger partial charge on any atom is 0.165 e. The monoisotopic (exact) mass is 307 g/mol. The molecule has 2 aromatic rings. The Bertz CT molecular complexity index is 620. The molecule has 0 aliphatic carbocycles. The Labute approximate surface area is 127 Å². The SMILES string of the molecule is OC1CCOC(Cn2cc(COc3ccccc3F)nn2)C1. The van der Waals surface area contributed by atoms with Gasteiger partial charge in [0.1, 0.15) is 12.3 Å². The third-order valence-corrected chi connectivity index (χ3v) is 3.53. The Hall–Kier alpha value is -1.99. The quantitative estimate of drug-likeness (QED) is 0.907.